The number of sulfonamides is 1. The fourth-order valence-corrected chi connectivity index (χ4v) is 4.84. The Balaban J connectivity index is 1.63. The van der Waals surface area contributed by atoms with Crippen molar-refractivity contribution in [2.75, 3.05) is 23.7 Å². The molecule has 2 N–H and O–H groups in total. The van der Waals surface area contributed by atoms with Gasteiger partial charge in [-0.2, -0.15) is 4.31 Å². The number of hydrogen-bond donors (Lipinski definition) is 2. The van der Waals surface area contributed by atoms with Crippen LogP contribution in [-0.2, 0) is 19.6 Å². The normalized spacial score (nSPS) is 15.7. The summed E-state index contributed by atoms with van der Waals surface area (Å²) >= 11 is 5.83. The minimum Gasteiger partial charge on any atom is -0.325 e. The average Bonchev–Trinajstić information content (AvgIpc) is 2.69. The fraction of sp³-hybridized carbons (Fsp3) is 0.300. The van der Waals surface area contributed by atoms with Crippen molar-refractivity contribution in [3.63, 3.8) is 0 Å². The first kappa shape index (κ1) is 21.3. The molecule has 0 aliphatic carbocycles. The molecule has 0 saturated carbocycles. The zero-order chi connectivity index (χ0) is 21.0. The molecule has 29 heavy (non-hydrogen) atoms. The van der Waals surface area contributed by atoms with E-state index in [4.69, 9.17) is 11.6 Å². The van der Waals surface area contributed by atoms with Crippen LogP contribution in [0.25, 0.3) is 0 Å². The van der Waals surface area contributed by atoms with Crippen LogP contribution in [0.15, 0.2) is 53.4 Å². The molecule has 0 bridgehead atoms. The molecular weight excluding hydrogens is 414 g/mol. The Labute approximate surface area is 175 Å². The summed E-state index contributed by atoms with van der Waals surface area (Å²) in [5.41, 5.74) is 1.04. The predicted octanol–water partition coefficient (Wildman–Crippen LogP) is 3.34. The average molecular weight is 436 g/mol. The number of nitrogens with zero attached hydrogens (tertiary/aromatic N) is 1. The topological polar surface area (TPSA) is 95.6 Å². The number of carbonyl (C=O) groups is 2. The zero-order valence-corrected chi connectivity index (χ0v) is 17.5. The van der Waals surface area contributed by atoms with E-state index >= 15 is 0 Å². The molecule has 154 valence electrons. The molecule has 0 aromatic heterocycles. The monoisotopic (exact) mass is 435 g/mol. The van der Waals surface area contributed by atoms with Gasteiger partial charge in [0.1, 0.15) is 0 Å². The highest BCUT2D eigenvalue weighted by Gasteiger charge is 2.32. The van der Waals surface area contributed by atoms with Crippen LogP contribution in [0.2, 0.25) is 5.02 Å². The van der Waals surface area contributed by atoms with E-state index < -0.39 is 10.0 Å². The molecule has 1 aliphatic rings. The van der Waals surface area contributed by atoms with Crippen LogP contribution < -0.4 is 10.6 Å². The first-order valence-electron chi connectivity index (χ1n) is 9.20. The van der Waals surface area contributed by atoms with Crippen LogP contribution in [-0.4, -0.2) is 37.6 Å². The standard InChI is InChI=1S/C20H22ClN3O4S/c1-14(25)22-18-4-2-3-5-19(18)23-20(26)15-10-12-24(13-11-15)29(27,28)17-8-6-16(21)7-9-17/h2-9,15H,10-13H2,1H3,(H,22,25)(H,23,26). The van der Waals surface area contributed by atoms with Crippen LogP contribution in [0.5, 0.6) is 0 Å². The lowest BCUT2D eigenvalue weighted by Crippen LogP contribution is -2.41. The maximum Gasteiger partial charge on any atom is 0.243 e. The van der Waals surface area contributed by atoms with Crippen LogP contribution in [0.4, 0.5) is 11.4 Å². The van der Waals surface area contributed by atoms with Gasteiger partial charge in [-0.1, -0.05) is 23.7 Å². The van der Waals surface area contributed by atoms with Crippen molar-refractivity contribution in [3.05, 3.63) is 53.6 Å². The minimum atomic E-state index is -3.61. The first-order chi connectivity index (χ1) is 13.8. The second-order valence-electron chi connectivity index (χ2n) is 6.85. The lowest BCUT2D eigenvalue weighted by atomic mass is 9.97. The van der Waals surface area contributed by atoms with Crippen LogP contribution in [0.1, 0.15) is 19.8 Å². The first-order valence-corrected chi connectivity index (χ1v) is 11.0. The molecule has 1 fully saturated rings. The molecule has 1 aliphatic heterocycles. The second kappa shape index (κ2) is 8.94. The summed E-state index contributed by atoms with van der Waals surface area (Å²) in [5.74, 6) is -0.726. The fourth-order valence-electron chi connectivity index (χ4n) is 3.24. The largest absolute Gasteiger partial charge is 0.325 e. The molecule has 2 aromatic rings. The van der Waals surface area contributed by atoms with Gasteiger partial charge in [-0.15, -0.1) is 0 Å². The van der Waals surface area contributed by atoms with Gasteiger partial charge in [-0.05, 0) is 49.2 Å². The third kappa shape index (κ3) is 5.14. The van der Waals surface area contributed by atoms with Crippen LogP contribution in [0, 0.1) is 5.92 Å². The van der Waals surface area contributed by atoms with Gasteiger partial charge in [0.25, 0.3) is 0 Å². The van der Waals surface area contributed by atoms with E-state index in [9.17, 15) is 18.0 Å². The highest BCUT2D eigenvalue weighted by Crippen LogP contribution is 2.27. The number of carbonyl (C=O) groups excluding carboxylic acids is 2. The van der Waals surface area contributed by atoms with Gasteiger partial charge in [0.2, 0.25) is 21.8 Å². The number of benzene rings is 2. The molecule has 1 saturated heterocycles. The summed E-state index contributed by atoms with van der Waals surface area (Å²) in [5, 5.41) is 5.99. The van der Waals surface area contributed by atoms with Gasteiger partial charge in [-0.3, -0.25) is 9.59 Å². The smallest absolute Gasteiger partial charge is 0.243 e. The highest BCUT2D eigenvalue weighted by atomic mass is 35.5. The van der Waals surface area contributed by atoms with Gasteiger partial charge in [0, 0.05) is 31.0 Å². The van der Waals surface area contributed by atoms with E-state index in [0.717, 1.165) is 0 Å². The minimum absolute atomic E-state index is 0.189. The van der Waals surface area contributed by atoms with E-state index in [1.807, 2.05) is 0 Å². The zero-order valence-electron chi connectivity index (χ0n) is 15.9. The second-order valence-corrected chi connectivity index (χ2v) is 9.22. The Hall–Kier alpha value is -2.42. The van der Waals surface area contributed by atoms with Gasteiger partial charge >= 0.3 is 0 Å². The Kier molecular flexibility index (Phi) is 6.56. The Bertz CT molecular complexity index is 1000. The van der Waals surface area contributed by atoms with Crippen molar-refractivity contribution in [2.45, 2.75) is 24.7 Å². The molecule has 0 spiro atoms. The van der Waals surface area contributed by atoms with Gasteiger partial charge < -0.3 is 10.6 Å². The summed E-state index contributed by atoms with van der Waals surface area (Å²) < 4.78 is 26.9. The highest BCUT2D eigenvalue weighted by molar-refractivity contribution is 7.89. The summed E-state index contributed by atoms with van der Waals surface area (Å²) in [6.07, 6.45) is 0.835. The lowest BCUT2D eigenvalue weighted by molar-refractivity contribution is -0.121. The van der Waals surface area contributed by atoms with Crippen LogP contribution >= 0.6 is 11.6 Å². The maximum absolute atomic E-state index is 12.8. The maximum atomic E-state index is 12.8. The number of anilines is 2. The number of halogens is 1. The number of amides is 2. The Morgan fingerprint density at radius 1 is 0.966 bits per heavy atom. The van der Waals surface area contributed by atoms with Gasteiger partial charge in [0.15, 0.2) is 0 Å². The lowest BCUT2D eigenvalue weighted by Gasteiger charge is -2.30. The molecular formula is C20H22ClN3O4S. The van der Waals surface area contributed by atoms with Crippen molar-refractivity contribution in [1.82, 2.24) is 4.31 Å². The SMILES string of the molecule is CC(=O)Nc1ccccc1NC(=O)C1CCN(S(=O)(=O)c2ccc(Cl)cc2)CC1. The molecule has 7 nitrogen and oxygen atoms in total. The molecule has 2 amide bonds. The molecule has 9 heteroatoms. The van der Waals surface area contributed by atoms with E-state index in [1.54, 1.807) is 36.4 Å². The van der Waals surface area contributed by atoms with E-state index in [0.29, 0.717) is 29.2 Å². The Morgan fingerprint density at radius 2 is 1.52 bits per heavy atom. The Morgan fingerprint density at radius 3 is 2.07 bits per heavy atom. The van der Waals surface area contributed by atoms with Crippen molar-refractivity contribution in [2.24, 2.45) is 5.92 Å². The van der Waals surface area contributed by atoms with Crippen molar-refractivity contribution in [1.29, 1.82) is 0 Å². The number of rotatable bonds is 5. The molecule has 2 aromatic carbocycles. The summed E-state index contributed by atoms with van der Waals surface area (Å²) in [6, 6.07) is 13.0. The summed E-state index contributed by atoms with van der Waals surface area (Å²) in [7, 11) is -3.61. The van der Waals surface area contributed by atoms with Crippen molar-refractivity contribution in [3.8, 4) is 0 Å². The third-order valence-corrected chi connectivity index (χ3v) is 6.94. The van der Waals surface area contributed by atoms with Crippen LogP contribution in [0.3, 0.4) is 0 Å². The summed E-state index contributed by atoms with van der Waals surface area (Å²) in [6.45, 7) is 1.92. The molecule has 1 heterocycles. The third-order valence-electron chi connectivity index (χ3n) is 4.77. The van der Waals surface area contributed by atoms with Crippen molar-refractivity contribution >= 4 is 44.8 Å². The molecule has 0 unspecified atom stereocenters. The number of para-hydroxylation sites is 2. The quantitative estimate of drug-likeness (QED) is 0.752. The van der Waals surface area contributed by atoms with E-state index in [2.05, 4.69) is 10.6 Å². The van der Waals surface area contributed by atoms with Gasteiger partial charge in [0.05, 0.1) is 16.3 Å². The summed E-state index contributed by atoms with van der Waals surface area (Å²) in [4.78, 5) is 24.2. The number of hydrogen-bond acceptors (Lipinski definition) is 4. The predicted molar refractivity (Wildman–Crippen MR) is 112 cm³/mol. The molecule has 0 atom stereocenters. The van der Waals surface area contributed by atoms with Crippen molar-refractivity contribution < 1.29 is 18.0 Å². The number of nitrogens with one attached hydrogen (secondary N) is 2. The van der Waals surface area contributed by atoms with E-state index in [-0.39, 0.29) is 35.7 Å². The van der Waals surface area contributed by atoms with Gasteiger partial charge in [-0.25, -0.2) is 8.42 Å². The van der Waals surface area contributed by atoms with E-state index in [1.165, 1.54) is 23.4 Å². The molecule has 0 radical (unpaired) electrons. The molecule has 3 rings (SSSR count). The number of piperidine rings is 1.